The van der Waals surface area contributed by atoms with Crippen molar-refractivity contribution in [3.63, 3.8) is 0 Å². The second-order valence-electron chi connectivity index (χ2n) is 5.42. The van der Waals surface area contributed by atoms with Gasteiger partial charge in [-0.25, -0.2) is 4.79 Å². The maximum atomic E-state index is 10.5. The summed E-state index contributed by atoms with van der Waals surface area (Å²) in [7, 11) is 0. The van der Waals surface area contributed by atoms with Gasteiger partial charge in [0.05, 0.1) is 0 Å². The molecule has 0 unspecified atom stereocenters. The summed E-state index contributed by atoms with van der Waals surface area (Å²) in [5.74, 6) is -0.964. The van der Waals surface area contributed by atoms with Gasteiger partial charge in [-0.1, -0.05) is 60.2 Å². The molecule has 1 heterocycles. The van der Waals surface area contributed by atoms with Crippen molar-refractivity contribution < 1.29 is 9.90 Å². The van der Waals surface area contributed by atoms with Gasteiger partial charge in [0.1, 0.15) is 0 Å². The Morgan fingerprint density at radius 3 is 2.67 bits per heavy atom. The first-order valence-corrected chi connectivity index (χ1v) is 7.91. The van der Waals surface area contributed by atoms with Crippen molar-refractivity contribution >= 4 is 34.5 Å². The van der Waals surface area contributed by atoms with E-state index in [1.165, 1.54) is 11.6 Å². The van der Waals surface area contributed by atoms with Gasteiger partial charge in [0, 0.05) is 40.3 Å². The zero-order valence-corrected chi connectivity index (χ0v) is 13.6. The SMILES string of the molecule is O=C(O)C=CC=Cc1cn(Cc2ccccc2)c2ccc(Cl)cc12. The largest absolute Gasteiger partial charge is 0.478 e. The topological polar surface area (TPSA) is 42.2 Å². The molecule has 3 nitrogen and oxygen atoms in total. The van der Waals surface area contributed by atoms with E-state index in [1.807, 2.05) is 42.5 Å². The number of nitrogens with zero attached hydrogens (tertiary/aromatic N) is 1. The monoisotopic (exact) mass is 337 g/mol. The Hall–Kier alpha value is -2.78. The first-order valence-electron chi connectivity index (χ1n) is 7.53. The zero-order valence-electron chi connectivity index (χ0n) is 12.9. The van der Waals surface area contributed by atoms with Gasteiger partial charge < -0.3 is 9.67 Å². The van der Waals surface area contributed by atoms with Crippen LogP contribution in [-0.4, -0.2) is 15.6 Å². The number of aromatic nitrogens is 1. The quantitative estimate of drug-likeness (QED) is 0.526. The van der Waals surface area contributed by atoms with Crippen molar-refractivity contribution in [2.75, 3.05) is 0 Å². The van der Waals surface area contributed by atoms with Crippen LogP contribution in [0, 0.1) is 0 Å². The number of rotatable bonds is 5. The van der Waals surface area contributed by atoms with Crippen LogP contribution in [0.5, 0.6) is 0 Å². The first-order chi connectivity index (χ1) is 11.6. The van der Waals surface area contributed by atoms with Gasteiger partial charge in [-0.05, 0) is 23.8 Å². The summed E-state index contributed by atoms with van der Waals surface area (Å²) in [6.45, 7) is 0.762. The summed E-state index contributed by atoms with van der Waals surface area (Å²) in [5.41, 5.74) is 3.30. The summed E-state index contributed by atoms with van der Waals surface area (Å²) in [4.78, 5) is 10.5. The average Bonchev–Trinajstić information content (AvgIpc) is 2.89. The Morgan fingerprint density at radius 1 is 1.12 bits per heavy atom. The first kappa shape index (κ1) is 16.1. The van der Waals surface area contributed by atoms with Gasteiger partial charge in [0.15, 0.2) is 0 Å². The molecule has 0 aliphatic carbocycles. The van der Waals surface area contributed by atoms with E-state index in [9.17, 15) is 4.79 Å². The molecule has 24 heavy (non-hydrogen) atoms. The Labute approximate surface area is 145 Å². The highest BCUT2D eigenvalue weighted by Gasteiger charge is 2.07. The lowest BCUT2D eigenvalue weighted by Gasteiger charge is -2.05. The fraction of sp³-hybridized carbons (Fsp3) is 0.0500. The third-order valence-corrected chi connectivity index (χ3v) is 3.93. The second-order valence-corrected chi connectivity index (χ2v) is 5.85. The molecule has 0 radical (unpaired) electrons. The molecule has 4 heteroatoms. The molecule has 0 atom stereocenters. The van der Waals surface area contributed by atoms with Crippen LogP contribution in [0.3, 0.4) is 0 Å². The lowest BCUT2D eigenvalue weighted by atomic mass is 10.1. The van der Waals surface area contributed by atoms with Crippen molar-refractivity contribution in [2.45, 2.75) is 6.54 Å². The fourth-order valence-electron chi connectivity index (χ4n) is 2.64. The number of halogens is 1. The predicted molar refractivity (Wildman–Crippen MR) is 98.3 cm³/mol. The Kier molecular flexibility index (Phi) is 4.82. The van der Waals surface area contributed by atoms with Crippen LogP contribution in [0.4, 0.5) is 0 Å². The summed E-state index contributed by atoms with van der Waals surface area (Å²) in [6, 6.07) is 16.0. The molecule has 0 aliphatic rings. The molecule has 0 saturated heterocycles. The molecule has 0 aliphatic heterocycles. The van der Waals surface area contributed by atoms with Gasteiger partial charge in [-0.15, -0.1) is 0 Å². The minimum absolute atomic E-state index is 0.677. The third kappa shape index (κ3) is 3.76. The Bertz CT molecular complexity index is 923. The summed E-state index contributed by atoms with van der Waals surface area (Å²) >= 11 is 6.14. The lowest BCUT2D eigenvalue weighted by Crippen LogP contribution is -1.97. The third-order valence-electron chi connectivity index (χ3n) is 3.70. The van der Waals surface area contributed by atoms with E-state index in [2.05, 4.69) is 22.9 Å². The standard InChI is InChI=1S/C20H16ClNO2/c21-17-10-11-19-18(12-17)16(8-4-5-9-20(23)24)14-22(19)13-15-6-2-1-3-7-15/h1-12,14H,13H2,(H,23,24). The highest BCUT2D eigenvalue weighted by atomic mass is 35.5. The van der Waals surface area contributed by atoms with Crippen molar-refractivity contribution in [2.24, 2.45) is 0 Å². The Morgan fingerprint density at radius 2 is 1.92 bits per heavy atom. The van der Waals surface area contributed by atoms with E-state index >= 15 is 0 Å². The summed E-state index contributed by atoms with van der Waals surface area (Å²) in [5, 5.41) is 10.4. The van der Waals surface area contributed by atoms with Crippen LogP contribution in [0.1, 0.15) is 11.1 Å². The molecule has 2 aromatic carbocycles. The Balaban J connectivity index is 1.99. The fourth-order valence-corrected chi connectivity index (χ4v) is 2.81. The van der Waals surface area contributed by atoms with Crippen molar-refractivity contribution in [1.82, 2.24) is 4.57 Å². The molecule has 3 rings (SSSR count). The van der Waals surface area contributed by atoms with Crippen LogP contribution >= 0.6 is 11.6 Å². The van der Waals surface area contributed by atoms with Crippen LogP contribution < -0.4 is 0 Å². The number of carboxylic acids is 1. The van der Waals surface area contributed by atoms with Crippen LogP contribution in [0.15, 0.2) is 73.0 Å². The predicted octanol–water partition coefficient (Wildman–Crippen LogP) is 5.00. The molecule has 120 valence electrons. The van der Waals surface area contributed by atoms with Gasteiger partial charge in [-0.2, -0.15) is 0 Å². The van der Waals surface area contributed by atoms with Crippen LogP contribution in [-0.2, 0) is 11.3 Å². The van der Waals surface area contributed by atoms with Crippen molar-refractivity contribution in [1.29, 1.82) is 0 Å². The minimum Gasteiger partial charge on any atom is -0.478 e. The molecule has 1 aromatic heterocycles. The van der Waals surface area contributed by atoms with Crippen LogP contribution in [0.2, 0.25) is 5.02 Å². The minimum atomic E-state index is -0.964. The molecule has 1 N–H and O–H groups in total. The van der Waals surface area contributed by atoms with E-state index in [0.29, 0.717) is 5.02 Å². The summed E-state index contributed by atoms with van der Waals surface area (Å²) in [6.07, 6.45) is 8.27. The maximum Gasteiger partial charge on any atom is 0.328 e. The number of fused-ring (bicyclic) bond motifs is 1. The number of allylic oxidation sites excluding steroid dienone is 2. The van der Waals surface area contributed by atoms with Crippen molar-refractivity contribution in [3.05, 3.63) is 89.1 Å². The molecule has 0 spiro atoms. The summed E-state index contributed by atoms with van der Waals surface area (Å²) < 4.78 is 2.17. The van der Waals surface area contributed by atoms with E-state index < -0.39 is 5.97 Å². The maximum absolute atomic E-state index is 10.5. The number of hydrogen-bond acceptors (Lipinski definition) is 1. The number of benzene rings is 2. The molecule has 0 fully saturated rings. The van der Waals surface area contributed by atoms with E-state index in [1.54, 1.807) is 6.08 Å². The normalized spacial score (nSPS) is 11.7. The smallest absolute Gasteiger partial charge is 0.328 e. The lowest BCUT2D eigenvalue weighted by molar-refractivity contribution is -0.131. The van der Waals surface area contributed by atoms with Gasteiger partial charge in [0.2, 0.25) is 0 Å². The highest BCUT2D eigenvalue weighted by molar-refractivity contribution is 6.31. The highest BCUT2D eigenvalue weighted by Crippen LogP contribution is 2.26. The van der Waals surface area contributed by atoms with Gasteiger partial charge >= 0.3 is 5.97 Å². The van der Waals surface area contributed by atoms with Crippen molar-refractivity contribution in [3.8, 4) is 0 Å². The molecular formula is C20H16ClNO2. The van der Waals surface area contributed by atoms with E-state index in [4.69, 9.17) is 16.7 Å². The second kappa shape index (κ2) is 7.20. The number of carbonyl (C=O) groups is 1. The molecule has 0 amide bonds. The molecule has 3 aromatic rings. The molecule has 0 saturated carbocycles. The number of aliphatic carboxylic acids is 1. The molecular weight excluding hydrogens is 322 g/mol. The van der Waals surface area contributed by atoms with E-state index in [0.717, 1.165) is 29.1 Å². The van der Waals surface area contributed by atoms with E-state index in [-0.39, 0.29) is 0 Å². The molecule has 0 bridgehead atoms. The average molecular weight is 338 g/mol. The number of carboxylic acid groups (broad SMARTS) is 1. The number of hydrogen-bond donors (Lipinski definition) is 1. The van der Waals surface area contributed by atoms with Crippen LogP contribution in [0.25, 0.3) is 17.0 Å². The van der Waals surface area contributed by atoms with Gasteiger partial charge in [0.25, 0.3) is 0 Å². The van der Waals surface area contributed by atoms with Gasteiger partial charge in [-0.3, -0.25) is 0 Å². The zero-order chi connectivity index (χ0) is 16.9.